The highest BCUT2D eigenvalue weighted by Gasteiger charge is 2.18. The van der Waals surface area contributed by atoms with Crippen LogP contribution in [-0.2, 0) is 0 Å². The monoisotopic (exact) mass is 657 g/mol. The fourth-order valence-corrected chi connectivity index (χ4v) is 9.54. The van der Waals surface area contributed by atoms with Crippen LogP contribution in [0.2, 0.25) is 0 Å². The number of thiophene rings is 2. The Morgan fingerprint density at radius 2 is 0.918 bits per heavy atom. The van der Waals surface area contributed by atoms with Crippen molar-refractivity contribution in [3.63, 3.8) is 0 Å². The summed E-state index contributed by atoms with van der Waals surface area (Å²) in [4.78, 5) is 7.37. The van der Waals surface area contributed by atoms with Crippen LogP contribution in [0.15, 0.2) is 140 Å². The second kappa shape index (κ2) is 10.6. The van der Waals surface area contributed by atoms with E-state index in [1.54, 1.807) is 0 Å². The molecule has 226 valence electrons. The van der Waals surface area contributed by atoms with Crippen molar-refractivity contribution < 1.29 is 0 Å². The van der Waals surface area contributed by atoms with Crippen molar-refractivity contribution in [1.29, 1.82) is 0 Å². The van der Waals surface area contributed by atoms with Gasteiger partial charge in [0, 0.05) is 51.1 Å². The van der Waals surface area contributed by atoms with Crippen LogP contribution in [-0.4, -0.2) is 4.57 Å². The minimum absolute atomic E-state index is 0.628. The molecule has 0 aliphatic rings. The van der Waals surface area contributed by atoms with Gasteiger partial charge in [0.15, 0.2) is 11.4 Å². The molecule has 0 saturated carbocycles. The summed E-state index contributed by atoms with van der Waals surface area (Å²) in [5.41, 5.74) is 9.07. The van der Waals surface area contributed by atoms with E-state index < -0.39 is 0 Å². The normalized spacial score (nSPS) is 11.6. The summed E-state index contributed by atoms with van der Waals surface area (Å²) in [7, 11) is 0. The third kappa shape index (κ3) is 4.24. The van der Waals surface area contributed by atoms with Gasteiger partial charge in [-0.25, -0.2) is 9.69 Å². The van der Waals surface area contributed by atoms with E-state index in [1.165, 1.54) is 51.1 Å². The standard InChI is InChI=1S/C44H23N3S2/c1-45-29-15-11-26(12-16-29)27-13-19-41-34(21-27)36-24-44-37(25-43(36)48-41)35-22-28(14-20-42(35)49-44)33-23-30(46-2)17-18-40(33)47-38-9-5-3-7-31(38)32-8-4-6-10-39(32)47/h3-25H. The van der Waals surface area contributed by atoms with Gasteiger partial charge in [-0.2, -0.15) is 0 Å². The van der Waals surface area contributed by atoms with Gasteiger partial charge in [0.1, 0.15) is 0 Å². The van der Waals surface area contributed by atoms with Crippen molar-refractivity contribution in [2.75, 3.05) is 0 Å². The van der Waals surface area contributed by atoms with E-state index in [9.17, 15) is 0 Å². The molecule has 0 radical (unpaired) electrons. The number of benzene rings is 7. The number of rotatable bonds is 3. The summed E-state index contributed by atoms with van der Waals surface area (Å²) in [6.07, 6.45) is 0. The van der Waals surface area contributed by atoms with Crippen LogP contribution in [0.4, 0.5) is 11.4 Å². The average molecular weight is 658 g/mol. The van der Waals surface area contributed by atoms with E-state index in [2.05, 4.69) is 117 Å². The maximum absolute atomic E-state index is 7.84. The first-order chi connectivity index (χ1) is 24.2. The number of para-hydroxylation sites is 2. The molecule has 3 aromatic heterocycles. The molecule has 3 heterocycles. The summed E-state index contributed by atoms with van der Waals surface area (Å²) >= 11 is 3.67. The number of nitrogens with zero attached hydrogens (tertiary/aromatic N) is 3. The minimum atomic E-state index is 0.628. The van der Waals surface area contributed by atoms with Crippen molar-refractivity contribution in [3.8, 4) is 27.9 Å². The Balaban J connectivity index is 1.16. The first-order valence-corrected chi connectivity index (χ1v) is 17.6. The first-order valence-electron chi connectivity index (χ1n) is 16.0. The zero-order valence-corrected chi connectivity index (χ0v) is 27.6. The lowest BCUT2D eigenvalue weighted by atomic mass is 9.99. The van der Waals surface area contributed by atoms with Gasteiger partial charge < -0.3 is 4.57 Å². The maximum Gasteiger partial charge on any atom is 0.188 e. The van der Waals surface area contributed by atoms with Gasteiger partial charge in [0.05, 0.1) is 29.9 Å². The molecule has 7 aromatic carbocycles. The Morgan fingerprint density at radius 1 is 0.408 bits per heavy atom. The van der Waals surface area contributed by atoms with Crippen molar-refractivity contribution in [1.82, 2.24) is 4.57 Å². The van der Waals surface area contributed by atoms with Crippen molar-refractivity contribution in [2.24, 2.45) is 0 Å². The highest BCUT2D eigenvalue weighted by Crippen LogP contribution is 2.45. The van der Waals surface area contributed by atoms with Gasteiger partial charge in [-0.15, -0.1) is 22.7 Å². The highest BCUT2D eigenvalue weighted by molar-refractivity contribution is 7.27. The van der Waals surface area contributed by atoms with Gasteiger partial charge in [0.25, 0.3) is 0 Å². The Morgan fingerprint density at radius 3 is 1.53 bits per heavy atom. The lowest BCUT2D eigenvalue weighted by molar-refractivity contribution is 1.18. The predicted octanol–water partition coefficient (Wildman–Crippen LogP) is 14.0. The largest absolute Gasteiger partial charge is 0.309 e. The molecule has 0 aliphatic carbocycles. The van der Waals surface area contributed by atoms with Crippen molar-refractivity contribution in [3.05, 3.63) is 162 Å². The van der Waals surface area contributed by atoms with Gasteiger partial charge in [-0.05, 0) is 82.9 Å². The molecule has 0 saturated heterocycles. The Bertz CT molecular complexity index is 3020. The number of aromatic nitrogens is 1. The van der Waals surface area contributed by atoms with Crippen LogP contribution in [0.5, 0.6) is 0 Å². The van der Waals surface area contributed by atoms with Gasteiger partial charge >= 0.3 is 0 Å². The fraction of sp³-hybridized carbons (Fsp3) is 0. The van der Waals surface area contributed by atoms with Crippen LogP contribution in [0, 0.1) is 13.1 Å². The van der Waals surface area contributed by atoms with E-state index in [0.29, 0.717) is 11.4 Å². The van der Waals surface area contributed by atoms with E-state index in [0.717, 1.165) is 39.0 Å². The predicted molar refractivity (Wildman–Crippen MR) is 210 cm³/mol. The van der Waals surface area contributed by atoms with E-state index in [1.807, 2.05) is 59.1 Å². The second-order valence-electron chi connectivity index (χ2n) is 12.3. The molecule has 10 rings (SSSR count). The molecule has 0 bridgehead atoms. The molecule has 0 fully saturated rings. The van der Waals surface area contributed by atoms with Crippen LogP contribution in [0.3, 0.4) is 0 Å². The van der Waals surface area contributed by atoms with Crippen LogP contribution in [0.1, 0.15) is 0 Å². The van der Waals surface area contributed by atoms with Crippen molar-refractivity contribution in [2.45, 2.75) is 0 Å². The third-order valence-electron chi connectivity index (χ3n) is 9.63. The van der Waals surface area contributed by atoms with Gasteiger partial charge in [0.2, 0.25) is 0 Å². The Kier molecular flexibility index (Phi) is 6.04. The number of hydrogen-bond acceptors (Lipinski definition) is 2. The lowest BCUT2D eigenvalue weighted by Crippen LogP contribution is -1.97. The second-order valence-corrected chi connectivity index (χ2v) is 14.5. The number of hydrogen-bond donors (Lipinski definition) is 0. The zero-order chi connectivity index (χ0) is 32.6. The topological polar surface area (TPSA) is 13.7 Å². The summed E-state index contributed by atoms with van der Waals surface area (Å²) < 4.78 is 7.40. The SMILES string of the molecule is [C-]#[N+]c1ccc(-c2ccc3sc4cc5c(cc4c3c2)sc2ccc(-c3cc([N+]#[C-])ccc3-n3c4ccccc4c4ccccc43)cc25)cc1. The van der Waals surface area contributed by atoms with E-state index in [4.69, 9.17) is 13.1 Å². The molecule has 0 N–H and O–H groups in total. The summed E-state index contributed by atoms with van der Waals surface area (Å²) in [6, 6.07) is 49.2. The quantitative estimate of drug-likeness (QED) is 0.168. The van der Waals surface area contributed by atoms with Crippen molar-refractivity contribution >= 4 is 96.2 Å². The Labute approximate surface area is 289 Å². The molecule has 5 heteroatoms. The summed E-state index contributed by atoms with van der Waals surface area (Å²) in [5.74, 6) is 0. The average Bonchev–Trinajstić information content (AvgIpc) is 3.82. The zero-order valence-electron chi connectivity index (χ0n) is 25.9. The van der Waals surface area contributed by atoms with E-state index >= 15 is 0 Å². The molecule has 0 aliphatic heterocycles. The molecule has 10 aromatic rings. The maximum atomic E-state index is 7.84. The summed E-state index contributed by atoms with van der Waals surface area (Å²) in [6.45, 7) is 15.1. The molecule has 3 nitrogen and oxygen atoms in total. The fourth-order valence-electron chi connectivity index (χ4n) is 7.32. The lowest BCUT2D eigenvalue weighted by Gasteiger charge is -2.15. The van der Waals surface area contributed by atoms with Crippen LogP contribution < -0.4 is 0 Å². The summed E-state index contributed by atoms with van der Waals surface area (Å²) in [5, 5.41) is 7.47. The molecular formula is C44H23N3S2. The Hall–Kier alpha value is -6.24. The first kappa shape index (κ1) is 27.8. The molecule has 49 heavy (non-hydrogen) atoms. The highest BCUT2D eigenvalue weighted by atomic mass is 32.1. The molecule has 0 atom stereocenters. The van der Waals surface area contributed by atoms with Gasteiger partial charge in [-0.1, -0.05) is 78.9 Å². The van der Waals surface area contributed by atoms with Crippen LogP contribution >= 0.6 is 22.7 Å². The molecule has 0 unspecified atom stereocenters. The minimum Gasteiger partial charge on any atom is -0.309 e. The van der Waals surface area contributed by atoms with Gasteiger partial charge in [-0.3, -0.25) is 0 Å². The molecule has 0 amide bonds. The number of fused-ring (bicyclic) bond motifs is 9. The smallest absolute Gasteiger partial charge is 0.188 e. The molecule has 0 spiro atoms. The third-order valence-corrected chi connectivity index (χ3v) is 11.9. The van der Waals surface area contributed by atoms with Crippen LogP contribution in [0.25, 0.3) is 99.8 Å². The molecular weight excluding hydrogens is 635 g/mol. The van der Waals surface area contributed by atoms with E-state index in [-0.39, 0.29) is 0 Å².